The lowest BCUT2D eigenvalue weighted by atomic mass is 10.1. The van der Waals surface area contributed by atoms with Crippen LogP contribution in [0.1, 0.15) is 28.8 Å². The molecule has 0 bridgehead atoms. The molecular weight excluding hydrogens is 531 g/mol. The largest absolute Gasteiger partial charge is 0.416 e. The molecule has 0 saturated heterocycles. The maximum Gasteiger partial charge on any atom is 0.416 e. The minimum Gasteiger partial charge on any atom is -0.383 e. The first kappa shape index (κ1) is 27.2. The van der Waals surface area contributed by atoms with Gasteiger partial charge in [0, 0.05) is 24.8 Å². The van der Waals surface area contributed by atoms with E-state index in [-0.39, 0.29) is 40.5 Å². The van der Waals surface area contributed by atoms with Gasteiger partial charge >= 0.3 is 6.18 Å². The minimum atomic E-state index is -4.54. The van der Waals surface area contributed by atoms with Crippen molar-refractivity contribution in [3.63, 3.8) is 0 Å². The second-order valence-corrected chi connectivity index (χ2v) is 9.67. The molecule has 0 aliphatic heterocycles. The summed E-state index contributed by atoms with van der Waals surface area (Å²) < 4.78 is 98.9. The van der Waals surface area contributed by atoms with Gasteiger partial charge < -0.3 is 4.74 Å². The van der Waals surface area contributed by atoms with Crippen LogP contribution < -0.4 is 4.72 Å². The Bertz CT molecular complexity index is 1610. The molecule has 2 aromatic heterocycles. The molecule has 2 heterocycles. The Morgan fingerprint density at radius 3 is 2.34 bits per heavy atom. The molecule has 13 heteroatoms. The molecule has 0 aliphatic carbocycles. The molecule has 2 aromatic carbocycles. The zero-order valence-corrected chi connectivity index (χ0v) is 20.4. The summed E-state index contributed by atoms with van der Waals surface area (Å²) in [6.07, 6.45) is -6.24. The van der Waals surface area contributed by atoms with E-state index in [9.17, 15) is 30.4 Å². The number of nitrogens with one attached hydrogen (secondary N) is 1. The number of aromatic nitrogens is 3. The summed E-state index contributed by atoms with van der Waals surface area (Å²) >= 11 is 0. The number of halogens is 5. The average molecular weight is 551 g/mol. The summed E-state index contributed by atoms with van der Waals surface area (Å²) in [5.41, 5.74) is -0.525. The number of nitrogens with zero attached hydrogens (tertiary/aromatic N) is 3. The van der Waals surface area contributed by atoms with E-state index in [1.807, 2.05) is 0 Å². The lowest BCUT2D eigenvalue weighted by Gasteiger charge is -2.10. The first-order valence-electron chi connectivity index (χ1n) is 10.9. The van der Waals surface area contributed by atoms with Crippen molar-refractivity contribution in [1.82, 2.24) is 19.3 Å². The molecule has 0 radical (unpaired) electrons. The molecule has 0 spiro atoms. The number of methoxy groups -OCH3 is 1. The second-order valence-electron chi connectivity index (χ2n) is 7.90. The van der Waals surface area contributed by atoms with Crippen LogP contribution in [0.15, 0.2) is 65.7 Å². The lowest BCUT2D eigenvalue weighted by molar-refractivity contribution is -0.137. The summed E-state index contributed by atoms with van der Waals surface area (Å²) in [7, 11) is -2.28. The molecule has 198 valence electrons. The summed E-state index contributed by atoms with van der Waals surface area (Å²) in [6, 6.07) is 10.7. The quantitative estimate of drug-likeness (QED) is 0.205. The number of hydrogen-bond acceptors (Lipinski definition) is 5. The number of hydrogen-bond donors (Lipinski definition) is 1. The molecule has 38 heavy (non-hydrogen) atoms. The van der Waals surface area contributed by atoms with Crippen LogP contribution in [0.2, 0.25) is 0 Å². The predicted molar refractivity (Wildman–Crippen MR) is 128 cm³/mol. The van der Waals surface area contributed by atoms with Crippen molar-refractivity contribution in [1.29, 1.82) is 0 Å². The Labute approximate surface area is 214 Å². The molecule has 4 rings (SSSR count). The highest BCUT2D eigenvalue weighted by molar-refractivity contribution is 7.89. The Kier molecular flexibility index (Phi) is 7.77. The molecule has 7 nitrogen and oxygen atoms in total. The van der Waals surface area contributed by atoms with Crippen LogP contribution in [-0.2, 0) is 20.9 Å². The van der Waals surface area contributed by atoms with E-state index >= 15 is 0 Å². The van der Waals surface area contributed by atoms with E-state index in [1.165, 1.54) is 37.6 Å². The molecule has 0 aliphatic rings. The Balaban J connectivity index is 1.67. The molecular formula is C25H19F5N4O3S. The number of rotatable bonds is 7. The maximum atomic E-state index is 13.8. The molecule has 1 N–H and O–H groups in total. The van der Waals surface area contributed by atoms with Crippen LogP contribution >= 0.6 is 0 Å². The Hall–Kier alpha value is -3.86. The predicted octanol–water partition coefficient (Wildman–Crippen LogP) is 4.68. The summed E-state index contributed by atoms with van der Waals surface area (Å²) in [4.78, 5) is 4.35. The number of fused-ring (bicyclic) bond motifs is 1. The van der Waals surface area contributed by atoms with Gasteiger partial charge in [-0.1, -0.05) is 24.0 Å². The van der Waals surface area contributed by atoms with Gasteiger partial charge in [-0.15, -0.1) is 0 Å². The maximum absolute atomic E-state index is 13.8. The van der Waals surface area contributed by atoms with Crippen molar-refractivity contribution >= 4 is 15.7 Å². The molecule has 4 aromatic rings. The first-order chi connectivity index (χ1) is 18.0. The molecule has 0 atom stereocenters. The van der Waals surface area contributed by atoms with Gasteiger partial charge in [0.25, 0.3) is 6.43 Å². The minimum absolute atomic E-state index is 0.00765. The van der Waals surface area contributed by atoms with Gasteiger partial charge in [0.15, 0.2) is 5.65 Å². The van der Waals surface area contributed by atoms with Gasteiger partial charge in [-0.2, -0.15) is 18.3 Å². The third-order valence-corrected chi connectivity index (χ3v) is 6.81. The third kappa shape index (κ3) is 5.99. The second kappa shape index (κ2) is 10.9. The van der Waals surface area contributed by atoms with Crippen molar-refractivity contribution in [2.24, 2.45) is 0 Å². The van der Waals surface area contributed by atoms with Crippen molar-refractivity contribution in [3.8, 4) is 23.1 Å². The lowest BCUT2D eigenvalue weighted by Crippen LogP contribution is -2.27. The highest BCUT2D eigenvalue weighted by Gasteiger charge is 2.30. The molecule has 0 saturated carbocycles. The molecule has 0 amide bonds. The van der Waals surface area contributed by atoms with Crippen LogP contribution in [0.5, 0.6) is 0 Å². The smallest absolute Gasteiger partial charge is 0.383 e. The van der Waals surface area contributed by atoms with Gasteiger partial charge in [-0.25, -0.2) is 31.4 Å². The fourth-order valence-corrected chi connectivity index (χ4v) is 4.44. The Morgan fingerprint density at radius 2 is 1.74 bits per heavy atom. The van der Waals surface area contributed by atoms with E-state index < -0.39 is 33.9 Å². The highest BCUT2D eigenvalue weighted by atomic mass is 32.2. The van der Waals surface area contributed by atoms with Crippen LogP contribution in [-0.4, -0.2) is 43.3 Å². The SMILES string of the molecule is COCCNS(=O)(=O)c1ccc(C#Cc2cnn3c(C(F)F)cc(-c4ccc(C(F)(F)F)cc4)nc23)cc1. The highest BCUT2D eigenvalue weighted by Crippen LogP contribution is 2.32. The van der Waals surface area contributed by atoms with Gasteiger partial charge in [0.1, 0.15) is 5.69 Å². The van der Waals surface area contributed by atoms with Crippen molar-refractivity contribution in [3.05, 3.63) is 83.2 Å². The Morgan fingerprint density at radius 1 is 1.05 bits per heavy atom. The van der Waals surface area contributed by atoms with Crippen molar-refractivity contribution in [2.45, 2.75) is 17.5 Å². The van der Waals surface area contributed by atoms with Gasteiger partial charge in [0.2, 0.25) is 10.0 Å². The summed E-state index contributed by atoms with van der Waals surface area (Å²) in [5, 5.41) is 3.94. The topological polar surface area (TPSA) is 85.6 Å². The van der Waals surface area contributed by atoms with Crippen molar-refractivity contribution in [2.75, 3.05) is 20.3 Å². The van der Waals surface area contributed by atoms with Crippen LogP contribution in [0.4, 0.5) is 22.0 Å². The van der Waals surface area contributed by atoms with Crippen molar-refractivity contribution < 1.29 is 35.1 Å². The van der Waals surface area contributed by atoms with Crippen LogP contribution in [0.25, 0.3) is 16.9 Å². The van der Waals surface area contributed by atoms with E-state index in [2.05, 4.69) is 26.6 Å². The van der Waals surface area contributed by atoms with Crippen LogP contribution in [0.3, 0.4) is 0 Å². The standard InChI is InChI=1S/C25H19F5N4O3S/c1-37-13-12-32-38(35,36)20-10-3-16(4-11-20)2-5-18-15-31-34-22(23(26)27)14-21(33-24(18)34)17-6-8-19(9-7-17)25(28,29)30/h3-4,6-11,14-15,23,32H,12-13H2,1H3. The molecule has 0 fully saturated rings. The average Bonchev–Trinajstić information content (AvgIpc) is 3.29. The number of sulfonamides is 1. The van der Waals surface area contributed by atoms with Gasteiger partial charge in [-0.05, 0) is 42.5 Å². The fourth-order valence-electron chi connectivity index (χ4n) is 3.43. The van der Waals surface area contributed by atoms with E-state index in [1.54, 1.807) is 0 Å². The number of ether oxygens (including phenoxy) is 1. The first-order valence-corrected chi connectivity index (χ1v) is 12.4. The van der Waals surface area contributed by atoms with E-state index in [4.69, 9.17) is 4.74 Å². The fraction of sp³-hybridized carbons (Fsp3) is 0.200. The van der Waals surface area contributed by atoms with E-state index in [0.29, 0.717) is 5.56 Å². The monoisotopic (exact) mass is 550 g/mol. The zero-order chi connectivity index (χ0) is 27.5. The normalized spacial score (nSPS) is 12.1. The summed E-state index contributed by atoms with van der Waals surface area (Å²) in [5.74, 6) is 5.60. The number of benzene rings is 2. The molecule has 0 unspecified atom stereocenters. The van der Waals surface area contributed by atoms with E-state index in [0.717, 1.165) is 34.8 Å². The summed E-state index contributed by atoms with van der Waals surface area (Å²) in [6.45, 7) is 0.321. The van der Waals surface area contributed by atoms with Gasteiger partial charge in [0.05, 0.1) is 34.5 Å². The zero-order valence-electron chi connectivity index (χ0n) is 19.6. The van der Waals surface area contributed by atoms with Crippen LogP contribution in [0, 0.1) is 11.8 Å². The van der Waals surface area contributed by atoms with Gasteiger partial charge in [-0.3, -0.25) is 0 Å². The number of alkyl halides is 5. The third-order valence-electron chi connectivity index (χ3n) is 5.34.